The van der Waals surface area contributed by atoms with E-state index in [-0.39, 0.29) is 23.8 Å². The SMILES string of the molecule is Cl.Nc1ccc(OCCCc2ccccc2)c([N+](=O)[O-])c1. The van der Waals surface area contributed by atoms with Crippen LogP contribution in [-0.2, 0) is 6.42 Å². The smallest absolute Gasteiger partial charge is 0.312 e. The summed E-state index contributed by atoms with van der Waals surface area (Å²) >= 11 is 0. The van der Waals surface area contributed by atoms with Crippen LogP contribution in [0.5, 0.6) is 5.75 Å². The Morgan fingerprint density at radius 1 is 1.14 bits per heavy atom. The van der Waals surface area contributed by atoms with E-state index in [2.05, 4.69) is 0 Å². The maximum atomic E-state index is 10.9. The predicted molar refractivity (Wildman–Crippen MR) is 85.0 cm³/mol. The highest BCUT2D eigenvalue weighted by Gasteiger charge is 2.15. The fourth-order valence-electron chi connectivity index (χ4n) is 1.90. The Labute approximate surface area is 129 Å². The summed E-state index contributed by atoms with van der Waals surface area (Å²) in [6.45, 7) is 0.430. The van der Waals surface area contributed by atoms with Crippen molar-refractivity contribution in [3.05, 3.63) is 64.2 Å². The van der Waals surface area contributed by atoms with Gasteiger partial charge in [0.05, 0.1) is 11.5 Å². The molecule has 0 bridgehead atoms. The van der Waals surface area contributed by atoms with Crippen LogP contribution in [0.4, 0.5) is 11.4 Å². The summed E-state index contributed by atoms with van der Waals surface area (Å²) in [4.78, 5) is 10.4. The number of anilines is 1. The number of hydrogen-bond donors (Lipinski definition) is 1. The standard InChI is InChI=1S/C15H16N2O3.ClH/c16-13-8-9-15(14(11-13)17(18)19)20-10-4-7-12-5-2-1-3-6-12;/h1-3,5-6,8-9,11H,4,7,10,16H2;1H. The molecule has 2 rings (SSSR count). The largest absolute Gasteiger partial charge is 0.487 e. The molecular weight excluding hydrogens is 292 g/mol. The maximum Gasteiger partial charge on any atom is 0.312 e. The number of aryl methyl sites for hydroxylation is 1. The van der Waals surface area contributed by atoms with Crippen LogP contribution in [0.1, 0.15) is 12.0 Å². The molecule has 2 aromatic carbocycles. The van der Waals surface area contributed by atoms with Crippen LogP contribution in [-0.4, -0.2) is 11.5 Å². The lowest BCUT2D eigenvalue weighted by molar-refractivity contribution is -0.385. The summed E-state index contributed by atoms with van der Waals surface area (Å²) in [5.74, 6) is 0.261. The van der Waals surface area contributed by atoms with Crippen molar-refractivity contribution in [2.75, 3.05) is 12.3 Å². The van der Waals surface area contributed by atoms with E-state index in [0.717, 1.165) is 12.8 Å². The van der Waals surface area contributed by atoms with Crippen LogP contribution in [0.25, 0.3) is 0 Å². The van der Waals surface area contributed by atoms with Crippen LogP contribution < -0.4 is 10.5 Å². The van der Waals surface area contributed by atoms with Crippen molar-refractivity contribution in [3.8, 4) is 5.75 Å². The Morgan fingerprint density at radius 3 is 2.52 bits per heavy atom. The monoisotopic (exact) mass is 308 g/mol. The molecule has 112 valence electrons. The van der Waals surface area contributed by atoms with Crippen molar-refractivity contribution < 1.29 is 9.66 Å². The lowest BCUT2D eigenvalue weighted by atomic mass is 10.1. The fourth-order valence-corrected chi connectivity index (χ4v) is 1.90. The van der Waals surface area contributed by atoms with Crippen molar-refractivity contribution in [1.82, 2.24) is 0 Å². The van der Waals surface area contributed by atoms with Crippen molar-refractivity contribution in [1.29, 1.82) is 0 Å². The molecule has 0 saturated heterocycles. The number of nitro groups is 1. The molecule has 0 unspecified atom stereocenters. The van der Waals surface area contributed by atoms with Crippen molar-refractivity contribution in [2.45, 2.75) is 12.8 Å². The van der Waals surface area contributed by atoms with E-state index in [1.807, 2.05) is 30.3 Å². The summed E-state index contributed by atoms with van der Waals surface area (Å²) in [6.07, 6.45) is 1.68. The highest BCUT2D eigenvalue weighted by atomic mass is 35.5. The molecule has 0 spiro atoms. The molecular formula is C15H17ClN2O3. The van der Waals surface area contributed by atoms with Crippen molar-refractivity contribution in [3.63, 3.8) is 0 Å². The van der Waals surface area contributed by atoms with E-state index in [4.69, 9.17) is 10.5 Å². The minimum atomic E-state index is -0.483. The van der Waals surface area contributed by atoms with E-state index in [0.29, 0.717) is 12.3 Å². The minimum absolute atomic E-state index is 0. The van der Waals surface area contributed by atoms with E-state index >= 15 is 0 Å². The van der Waals surface area contributed by atoms with Gasteiger partial charge in [0.2, 0.25) is 0 Å². The number of ether oxygens (including phenoxy) is 1. The summed E-state index contributed by atoms with van der Waals surface area (Å²) in [5.41, 5.74) is 7.02. The van der Waals surface area contributed by atoms with E-state index in [1.54, 1.807) is 6.07 Å². The van der Waals surface area contributed by atoms with Gasteiger partial charge >= 0.3 is 5.69 Å². The molecule has 0 aromatic heterocycles. The first-order valence-corrected chi connectivity index (χ1v) is 6.37. The molecule has 0 heterocycles. The fraction of sp³-hybridized carbons (Fsp3) is 0.200. The molecule has 0 saturated carbocycles. The second kappa shape index (κ2) is 8.11. The van der Waals surface area contributed by atoms with Gasteiger partial charge in [-0.1, -0.05) is 30.3 Å². The first-order chi connectivity index (χ1) is 9.66. The third-order valence-corrected chi connectivity index (χ3v) is 2.89. The van der Waals surface area contributed by atoms with Crippen LogP contribution in [0, 0.1) is 10.1 Å². The number of nitrogens with two attached hydrogens (primary N) is 1. The molecule has 0 radical (unpaired) electrons. The first kappa shape index (κ1) is 16.8. The normalized spacial score (nSPS) is 9.71. The average molecular weight is 309 g/mol. The number of benzene rings is 2. The van der Waals surface area contributed by atoms with Gasteiger partial charge in [0.25, 0.3) is 0 Å². The van der Waals surface area contributed by atoms with Crippen molar-refractivity contribution >= 4 is 23.8 Å². The quantitative estimate of drug-likeness (QED) is 0.383. The van der Waals surface area contributed by atoms with Crippen LogP contribution in [0.3, 0.4) is 0 Å². The zero-order valence-electron chi connectivity index (χ0n) is 11.4. The van der Waals surface area contributed by atoms with Gasteiger partial charge in [0.15, 0.2) is 5.75 Å². The Hall–Kier alpha value is -2.27. The van der Waals surface area contributed by atoms with Crippen LogP contribution in [0.2, 0.25) is 0 Å². The highest BCUT2D eigenvalue weighted by molar-refractivity contribution is 5.85. The molecule has 0 amide bonds. The molecule has 0 aliphatic rings. The Bertz CT molecular complexity index is 591. The van der Waals surface area contributed by atoms with Crippen LogP contribution in [0.15, 0.2) is 48.5 Å². The second-order valence-electron chi connectivity index (χ2n) is 4.42. The summed E-state index contributed by atoms with van der Waals surface area (Å²) in [7, 11) is 0. The number of nitrogen functional groups attached to an aromatic ring is 1. The lowest BCUT2D eigenvalue weighted by Crippen LogP contribution is -2.02. The Balaban J connectivity index is 0.00000220. The van der Waals surface area contributed by atoms with Gasteiger partial charge in [0.1, 0.15) is 0 Å². The zero-order valence-corrected chi connectivity index (χ0v) is 12.2. The molecule has 21 heavy (non-hydrogen) atoms. The molecule has 0 aliphatic heterocycles. The number of halogens is 1. The molecule has 2 N–H and O–H groups in total. The predicted octanol–water partition coefficient (Wildman–Crippen LogP) is 3.61. The Morgan fingerprint density at radius 2 is 1.86 bits per heavy atom. The van der Waals surface area contributed by atoms with E-state index < -0.39 is 4.92 Å². The topological polar surface area (TPSA) is 78.4 Å². The molecule has 0 aliphatic carbocycles. The number of rotatable bonds is 6. The summed E-state index contributed by atoms with van der Waals surface area (Å²) in [5, 5.41) is 10.9. The maximum absolute atomic E-state index is 10.9. The van der Waals surface area contributed by atoms with Crippen LogP contribution >= 0.6 is 12.4 Å². The number of nitrogens with zero attached hydrogens (tertiary/aromatic N) is 1. The van der Waals surface area contributed by atoms with E-state index in [9.17, 15) is 10.1 Å². The van der Waals surface area contributed by atoms with Gasteiger partial charge < -0.3 is 10.5 Å². The van der Waals surface area contributed by atoms with Gasteiger partial charge in [-0.2, -0.15) is 0 Å². The van der Waals surface area contributed by atoms with Gasteiger partial charge in [-0.3, -0.25) is 10.1 Å². The second-order valence-corrected chi connectivity index (χ2v) is 4.42. The molecule has 2 aromatic rings. The molecule has 0 atom stereocenters. The highest BCUT2D eigenvalue weighted by Crippen LogP contribution is 2.28. The third kappa shape index (κ3) is 4.96. The van der Waals surface area contributed by atoms with Gasteiger partial charge in [-0.15, -0.1) is 12.4 Å². The average Bonchev–Trinajstić information content (AvgIpc) is 2.45. The molecule has 6 heteroatoms. The summed E-state index contributed by atoms with van der Waals surface area (Å²) in [6, 6.07) is 14.5. The van der Waals surface area contributed by atoms with Gasteiger partial charge in [-0.25, -0.2) is 0 Å². The minimum Gasteiger partial charge on any atom is -0.487 e. The van der Waals surface area contributed by atoms with Crippen molar-refractivity contribution in [2.24, 2.45) is 0 Å². The number of hydrogen-bond acceptors (Lipinski definition) is 4. The molecule has 5 nitrogen and oxygen atoms in total. The van der Waals surface area contributed by atoms with Gasteiger partial charge in [-0.05, 0) is 30.5 Å². The first-order valence-electron chi connectivity index (χ1n) is 6.37. The third-order valence-electron chi connectivity index (χ3n) is 2.89. The van der Waals surface area contributed by atoms with E-state index in [1.165, 1.54) is 17.7 Å². The molecule has 0 fully saturated rings. The summed E-state index contributed by atoms with van der Waals surface area (Å²) < 4.78 is 5.48. The zero-order chi connectivity index (χ0) is 14.4. The Kier molecular flexibility index (Phi) is 6.49. The number of nitro benzene ring substituents is 1. The van der Waals surface area contributed by atoms with Gasteiger partial charge in [0, 0.05) is 11.8 Å². The lowest BCUT2D eigenvalue weighted by Gasteiger charge is -2.07.